The summed E-state index contributed by atoms with van der Waals surface area (Å²) in [5, 5.41) is 11.7. The average molecular weight is 263 g/mol. The molecule has 1 amide bonds. The third-order valence-electron chi connectivity index (χ3n) is 3.41. The Labute approximate surface area is 116 Å². The summed E-state index contributed by atoms with van der Waals surface area (Å²) in [5.41, 5.74) is 3.67. The van der Waals surface area contributed by atoms with Crippen molar-refractivity contribution < 1.29 is 9.90 Å². The molecule has 0 atom stereocenters. The molecule has 19 heavy (non-hydrogen) atoms. The van der Waals surface area contributed by atoms with Crippen LogP contribution in [0.15, 0.2) is 18.2 Å². The first-order chi connectivity index (χ1) is 8.86. The molecule has 106 valence electrons. The van der Waals surface area contributed by atoms with Crippen molar-refractivity contribution >= 4 is 5.91 Å². The van der Waals surface area contributed by atoms with Gasteiger partial charge in [-0.15, -0.1) is 0 Å². The van der Waals surface area contributed by atoms with E-state index >= 15 is 0 Å². The van der Waals surface area contributed by atoms with E-state index in [9.17, 15) is 4.79 Å². The number of hydrogen-bond donors (Lipinski definition) is 2. The molecule has 3 nitrogen and oxygen atoms in total. The first-order valence-electron chi connectivity index (χ1n) is 6.82. The monoisotopic (exact) mass is 263 g/mol. The lowest BCUT2D eigenvalue weighted by atomic mass is 9.81. The van der Waals surface area contributed by atoms with Crippen LogP contribution in [0.4, 0.5) is 0 Å². The number of aliphatic hydroxyl groups excluding tert-OH is 1. The smallest absolute Gasteiger partial charge is 0.220 e. The SMILES string of the molecule is Cc1ccc(C)c(C(C)(C)CNC(=O)CCCO)c1. The molecule has 0 aromatic heterocycles. The van der Waals surface area contributed by atoms with Gasteiger partial charge in [-0.25, -0.2) is 0 Å². The second-order valence-electron chi connectivity index (χ2n) is 5.81. The lowest BCUT2D eigenvalue weighted by molar-refractivity contribution is -0.121. The molecule has 1 rings (SSSR count). The van der Waals surface area contributed by atoms with E-state index < -0.39 is 0 Å². The summed E-state index contributed by atoms with van der Waals surface area (Å²) in [6, 6.07) is 6.42. The molecule has 0 saturated heterocycles. The maximum Gasteiger partial charge on any atom is 0.220 e. The van der Waals surface area contributed by atoms with Crippen molar-refractivity contribution in [2.24, 2.45) is 0 Å². The lowest BCUT2D eigenvalue weighted by Gasteiger charge is -2.28. The van der Waals surface area contributed by atoms with Gasteiger partial charge in [0.1, 0.15) is 0 Å². The highest BCUT2D eigenvalue weighted by atomic mass is 16.3. The summed E-state index contributed by atoms with van der Waals surface area (Å²) in [4.78, 5) is 11.6. The van der Waals surface area contributed by atoms with E-state index in [1.165, 1.54) is 16.7 Å². The Morgan fingerprint density at radius 2 is 2.00 bits per heavy atom. The van der Waals surface area contributed by atoms with Gasteiger partial charge in [0.05, 0.1) is 0 Å². The van der Waals surface area contributed by atoms with Crippen molar-refractivity contribution in [3.63, 3.8) is 0 Å². The summed E-state index contributed by atoms with van der Waals surface area (Å²) in [6.07, 6.45) is 0.912. The second-order valence-corrected chi connectivity index (χ2v) is 5.81. The molecule has 2 N–H and O–H groups in total. The standard InChI is InChI=1S/C16H25NO2/c1-12-7-8-13(2)14(10-12)16(3,4)11-17-15(19)6-5-9-18/h7-8,10,18H,5-6,9,11H2,1-4H3,(H,17,19). The third kappa shape index (κ3) is 4.67. The Hall–Kier alpha value is -1.35. The van der Waals surface area contributed by atoms with Crippen molar-refractivity contribution in [1.82, 2.24) is 5.32 Å². The predicted molar refractivity (Wildman–Crippen MR) is 78.3 cm³/mol. The van der Waals surface area contributed by atoms with Crippen LogP contribution in [-0.4, -0.2) is 24.2 Å². The van der Waals surface area contributed by atoms with E-state index in [0.717, 1.165) is 0 Å². The first-order valence-corrected chi connectivity index (χ1v) is 6.82. The summed E-state index contributed by atoms with van der Waals surface area (Å²) in [5.74, 6) is 0.00688. The lowest BCUT2D eigenvalue weighted by Crippen LogP contribution is -2.37. The Balaban J connectivity index is 2.70. The molecule has 0 bridgehead atoms. The van der Waals surface area contributed by atoms with Crippen molar-refractivity contribution in [3.05, 3.63) is 34.9 Å². The average Bonchev–Trinajstić information content (AvgIpc) is 2.36. The van der Waals surface area contributed by atoms with Crippen LogP contribution in [0, 0.1) is 13.8 Å². The van der Waals surface area contributed by atoms with Crippen LogP contribution in [0.25, 0.3) is 0 Å². The fourth-order valence-electron chi connectivity index (χ4n) is 2.21. The van der Waals surface area contributed by atoms with Crippen LogP contribution in [0.1, 0.15) is 43.4 Å². The maximum absolute atomic E-state index is 11.6. The Morgan fingerprint density at radius 3 is 2.63 bits per heavy atom. The topological polar surface area (TPSA) is 49.3 Å². The van der Waals surface area contributed by atoms with Crippen molar-refractivity contribution in [1.29, 1.82) is 0 Å². The predicted octanol–water partition coefficient (Wildman–Crippen LogP) is 2.47. The largest absolute Gasteiger partial charge is 0.396 e. The van der Waals surface area contributed by atoms with Gasteiger partial charge in [0.2, 0.25) is 5.91 Å². The van der Waals surface area contributed by atoms with E-state index in [0.29, 0.717) is 19.4 Å². The molecule has 0 saturated carbocycles. The number of carbonyl (C=O) groups excluding carboxylic acids is 1. The molecular weight excluding hydrogens is 238 g/mol. The number of carbonyl (C=O) groups is 1. The van der Waals surface area contributed by atoms with Crippen LogP contribution < -0.4 is 5.32 Å². The van der Waals surface area contributed by atoms with Gasteiger partial charge < -0.3 is 10.4 Å². The fraction of sp³-hybridized carbons (Fsp3) is 0.562. The molecule has 0 fully saturated rings. The maximum atomic E-state index is 11.6. The molecule has 0 heterocycles. The van der Waals surface area contributed by atoms with Gasteiger partial charge in [-0.1, -0.05) is 37.6 Å². The first kappa shape index (κ1) is 15.7. The van der Waals surface area contributed by atoms with Gasteiger partial charge in [0, 0.05) is 25.0 Å². The van der Waals surface area contributed by atoms with E-state index in [2.05, 4.69) is 51.2 Å². The number of rotatable bonds is 6. The van der Waals surface area contributed by atoms with Crippen LogP contribution in [-0.2, 0) is 10.2 Å². The van der Waals surface area contributed by atoms with Crippen LogP contribution >= 0.6 is 0 Å². The molecule has 0 aliphatic carbocycles. The third-order valence-corrected chi connectivity index (χ3v) is 3.41. The zero-order valence-corrected chi connectivity index (χ0v) is 12.4. The zero-order chi connectivity index (χ0) is 14.5. The zero-order valence-electron chi connectivity index (χ0n) is 12.4. The van der Waals surface area contributed by atoms with Crippen LogP contribution in [0.5, 0.6) is 0 Å². The molecule has 0 spiro atoms. The minimum Gasteiger partial charge on any atom is -0.396 e. The van der Waals surface area contributed by atoms with Gasteiger partial charge in [-0.05, 0) is 31.4 Å². The summed E-state index contributed by atoms with van der Waals surface area (Å²) in [7, 11) is 0. The van der Waals surface area contributed by atoms with E-state index in [4.69, 9.17) is 5.11 Å². The number of benzene rings is 1. The molecule has 0 radical (unpaired) electrons. The molecule has 0 unspecified atom stereocenters. The van der Waals surface area contributed by atoms with E-state index in [1.54, 1.807) is 0 Å². The van der Waals surface area contributed by atoms with Gasteiger partial charge in [-0.2, -0.15) is 0 Å². The van der Waals surface area contributed by atoms with Crippen molar-refractivity contribution in [2.45, 2.75) is 46.0 Å². The van der Waals surface area contributed by atoms with E-state index in [1.807, 2.05) is 0 Å². The van der Waals surface area contributed by atoms with Crippen LogP contribution in [0.2, 0.25) is 0 Å². The highest BCUT2D eigenvalue weighted by Gasteiger charge is 2.23. The normalized spacial score (nSPS) is 11.4. The van der Waals surface area contributed by atoms with Gasteiger partial charge in [0.15, 0.2) is 0 Å². The quantitative estimate of drug-likeness (QED) is 0.828. The fourth-order valence-corrected chi connectivity index (χ4v) is 2.21. The molecule has 1 aromatic carbocycles. The van der Waals surface area contributed by atoms with Gasteiger partial charge in [-0.3, -0.25) is 4.79 Å². The number of amides is 1. The second kappa shape index (κ2) is 6.71. The highest BCUT2D eigenvalue weighted by molar-refractivity contribution is 5.76. The van der Waals surface area contributed by atoms with Gasteiger partial charge >= 0.3 is 0 Å². The number of hydrogen-bond acceptors (Lipinski definition) is 2. The van der Waals surface area contributed by atoms with E-state index in [-0.39, 0.29) is 17.9 Å². The summed E-state index contributed by atoms with van der Waals surface area (Å²) in [6.45, 7) is 9.14. The number of nitrogens with one attached hydrogen (secondary N) is 1. The van der Waals surface area contributed by atoms with Crippen molar-refractivity contribution in [2.75, 3.05) is 13.2 Å². The minimum atomic E-state index is -0.0923. The number of aryl methyl sites for hydroxylation is 2. The molecule has 0 aliphatic rings. The van der Waals surface area contributed by atoms with Gasteiger partial charge in [0.25, 0.3) is 0 Å². The minimum absolute atomic E-state index is 0.00688. The molecule has 0 aliphatic heterocycles. The molecular formula is C16H25NO2. The molecule has 3 heteroatoms. The number of aliphatic hydroxyl groups is 1. The summed E-state index contributed by atoms with van der Waals surface area (Å²) >= 11 is 0. The Morgan fingerprint density at radius 1 is 1.32 bits per heavy atom. The summed E-state index contributed by atoms with van der Waals surface area (Å²) < 4.78 is 0. The Bertz CT molecular complexity index is 438. The van der Waals surface area contributed by atoms with Crippen molar-refractivity contribution in [3.8, 4) is 0 Å². The highest BCUT2D eigenvalue weighted by Crippen LogP contribution is 2.26. The Kier molecular flexibility index (Phi) is 5.55. The van der Waals surface area contributed by atoms with Crippen LogP contribution in [0.3, 0.4) is 0 Å². The molecule has 1 aromatic rings.